The molecule has 2 aromatic heterocycles. The van der Waals surface area contributed by atoms with Gasteiger partial charge in [-0.25, -0.2) is 4.98 Å². The molecule has 6 rings (SSSR count). The molecule has 2 N–H and O–H groups in total. The zero-order chi connectivity index (χ0) is 27.1. The minimum Gasteiger partial charge on any atom is -0.492 e. The second-order valence-corrected chi connectivity index (χ2v) is 12.1. The summed E-state index contributed by atoms with van der Waals surface area (Å²) in [7, 11) is 0. The first kappa shape index (κ1) is 25.7. The molecule has 39 heavy (non-hydrogen) atoms. The number of hydrogen-bond donors (Lipinski definition) is 1. The molecule has 1 spiro atoms. The Bertz CT molecular complexity index is 1390. The van der Waals surface area contributed by atoms with E-state index in [0.717, 1.165) is 17.0 Å². The highest BCUT2D eigenvalue weighted by molar-refractivity contribution is 5.93. The van der Waals surface area contributed by atoms with Crippen molar-refractivity contribution >= 4 is 12.0 Å². The Hall–Kier alpha value is -3.61. The number of carbonyl (C=O) groups is 1. The summed E-state index contributed by atoms with van der Waals surface area (Å²) in [6, 6.07) is 10.1. The molecular weight excluding hydrogens is 490 g/mol. The topological polar surface area (TPSA) is 100 Å². The summed E-state index contributed by atoms with van der Waals surface area (Å²) in [6.07, 6.45) is 13.3. The highest BCUT2D eigenvalue weighted by Gasteiger charge is 2.52. The number of benzene rings is 1. The van der Waals surface area contributed by atoms with Gasteiger partial charge in [-0.15, -0.1) is 0 Å². The first-order chi connectivity index (χ1) is 18.8. The van der Waals surface area contributed by atoms with E-state index >= 15 is 0 Å². The van der Waals surface area contributed by atoms with Gasteiger partial charge in [0.2, 0.25) is 0 Å². The summed E-state index contributed by atoms with van der Waals surface area (Å²) < 4.78 is 17.6. The lowest BCUT2D eigenvalue weighted by Crippen LogP contribution is -2.48. The molecule has 0 aliphatic heterocycles. The van der Waals surface area contributed by atoms with Crippen LogP contribution < -0.4 is 15.2 Å². The third kappa shape index (κ3) is 5.32. The van der Waals surface area contributed by atoms with E-state index in [0.29, 0.717) is 41.3 Å². The Morgan fingerprint density at radius 3 is 2.67 bits per heavy atom. The lowest BCUT2D eigenvalue weighted by atomic mass is 9.48. The maximum atomic E-state index is 11.7. The van der Waals surface area contributed by atoms with Gasteiger partial charge < -0.3 is 19.7 Å². The first-order valence-corrected chi connectivity index (χ1v) is 14.1. The number of rotatable bonds is 10. The van der Waals surface area contributed by atoms with E-state index in [1.54, 1.807) is 12.3 Å². The minimum absolute atomic E-state index is 0.0913. The highest BCUT2D eigenvalue weighted by Crippen LogP contribution is 2.61. The maximum Gasteiger partial charge on any atom is 0.271 e. The summed E-state index contributed by atoms with van der Waals surface area (Å²) >= 11 is 0. The number of ether oxygens (including phenoxy) is 2. The molecule has 7 heteroatoms. The van der Waals surface area contributed by atoms with Crippen molar-refractivity contribution in [1.82, 2.24) is 10.1 Å². The number of allylic oxidation sites excluding steroid dienone is 1. The van der Waals surface area contributed by atoms with E-state index in [9.17, 15) is 4.79 Å². The van der Waals surface area contributed by atoms with Crippen molar-refractivity contribution in [3.63, 3.8) is 0 Å². The summed E-state index contributed by atoms with van der Waals surface area (Å²) in [6.45, 7) is 6.57. The fourth-order valence-corrected chi connectivity index (χ4v) is 6.43. The van der Waals surface area contributed by atoms with Crippen LogP contribution in [0.4, 0.5) is 0 Å². The smallest absolute Gasteiger partial charge is 0.271 e. The van der Waals surface area contributed by atoms with E-state index < -0.39 is 5.91 Å². The van der Waals surface area contributed by atoms with Crippen LogP contribution in [0.5, 0.6) is 11.5 Å². The monoisotopic (exact) mass is 527 g/mol. The Balaban J connectivity index is 1.03. The second-order valence-electron chi connectivity index (χ2n) is 12.1. The molecule has 0 atom stereocenters. The molecule has 3 aliphatic carbocycles. The molecule has 0 saturated heterocycles. The van der Waals surface area contributed by atoms with Gasteiger partial charge in [-0.3, -0.25) is 4.79 Å². The van der Waals surface area contributed by atoms with Crippen LogP contribution >= 0.6 is 0 Å². The standard InChI is InChI=1S/C32H37N3O4/c1-19(2)38-27-12-24(17-34-29(27)31(33)36)37-18-22-15-32(16-22)13-21(14-32)8-11-26-28(25-7-5-4-6-20(25)3)35-39-30(26)23-9-10-23/h4-8,11-12,17,19,21-23H,9-10,13-16,18H2,1-3H3,(H2,33,36)/b11-8+. The first-order valence-electron chi connectivity index (χ1n) is 14.1. The molecule has 1 amide bonds. The zero-order valence-corrected chi connectivity index (χ0v) is 23.0. The molecule has 3 aliphatic rings. The highest BCUT2D eigenvalue weighted by atomic mass is 16.5. The van der Waals surface area contributed by atoms with E-state index in [-0.39, 0.29) is 11.8 Å². The van der Waals surface area contributed by atoms with Gasteiger partial charge in [-0.2, -0.15) is 0 Å². The van der Waals surface area contributed by atoms with Crippen LogP contribution in [0.1, 0.15) is 85.7 Å². The zero-order valence-electron chi connectivity index (χ0n) is 23.0. The van der Waals surface area contributed by atoms with Gasteiger partial charge in [0.15, 0.2) is 11.4 Å². The maximum absolute atomic E-state index is 11.7. The van der Waals surface area contributed by atoms with Crippen molar-refractivity contribution in [3.05, 3.63) is 65.2 Å². The Labute approximate surface area is 229 Å². The average Bonchev–Trinajstić information content (AvgIpc) is 3.61. The SMILES string of the molecule is Cc1ccccc1-c1noc(C2CC2)c1/C=C/C1CC2(C1)CC(COc1cnc(C(N)=O)c(OC(C)C)c1)C2. The second kappa shape index (κ2) is 10.2. The van der Waals surface area contributed by atoms with Gasteiger partial charge >= 0.3 is 0 Å². The summed E-state index contributed by atoms with van der Waals surface area (Å²) in [5.74, 6) is 3.08. The Morgan fingerprint density at radius 1 is 1.21 bits per heavy atom. The largest absolute Gasteiger partial charge is 0.492 e. The minimum atomic E-state index is -0.606. The lowest BCUT2D eigenvalue weighted by molar-refractivity contribution is -0.0658. The normalized spacial score (nSPS) is 24.1. The number of primary amides is 1. The van der Waals surface area contributed by atoms with Crippen LogP contribution in [0.15, 0.2) is 47.1 Å². The van der Waals surface area contributed by atoms with Crippen molar-refractivity contribution < 1.29 is 18.8 Å². The number of nitrogens with zero attached hydrogens (tertiary/aromatic N) is 2. The third-order valence-electron chi connectivity index (χ3n) is 8.38. The van der Waals surface area contributed by atoms with E-state index in [4.69, 9.17) is 19.7 Å². The number of amides is 1. The summed E-state index contributed by atoms with van der Waals surface area (Å²) in [5, 5.41) is 4.50. The van der Waals surface area contributed by atoms with Crippen molar-refractivity contribution in [2.75, 3.05) is 6.61 Å². The Morgan fingerprint density at radius 2 is 1.97 bits per heavy atom. The van der Waals surface area contributed by atoms with Crippen LogP contribution in [0, 0.1) is 24.2 Å². The van der Waals surface area contributed by atoms with E-state index in [1.165, 1.54) is 49.7 Å². The van der Waals surface area contributed by atoms with Crippen LogP contribution in [0.25, 0.3) is 17.3 Å². The Kier molecular flexibility index (Phi) is 6.69. The molecule has 3 saturated carbocycles. The van der Waals surface area contributed by atoms with Gasteiger partial charge in [-0.1, -0.05) is 41.6 Å². The van der Waals surface area contributed by atoms with Gasteiger partial charge in [0.05, 0.1) is 18.9 Å². The summed E-state index contributed by atoms with van der Waals surface area (Å²) in [5.41, 5.74) is 10.5. The molecule has 0 bridgehead atoms. The van der Waals surface area contributed by atoms with E-state index in [1.807, 2.05) is 13.8 Å². The molecule has 0 radical (unpaired) electrons. The quantitative estimate of drug-likeness (QED) is 0.315. The molecule has 0 unspecified atom stereocenters. The van der Waals surface area contributed by atoms with Gasteiger partial charge in [0, 0.05) is 23.1 Å². The van der Waals surface area contributed by atoms with Crippen LogP contribution in [0.2, 0.25) is 0 Å². The molecule has 204 valence electrons. The number of aryl methyl sites for hydroxylation is 1. The van der Waals surface area contributed by atoms with Crippen molar-refractivity contribution in [2.24, 2.45) is 23.0 Å². The van der Waals surface area contributed by atoms with Gasteiger partial charge in [0.1, 0.15) is 17.2 Å². The number of aromatic nitrogens is 2. The molecular formula is C32H37N3O4. The number of carbonyl (C=O) groups excluding carboxylic acids is 1. The lowest BCUT2D eigenvalue weighted by Gasteiger charge is -2.57. The number of hydrogen-bond acceptors (Lipinski definition) is 6. The molecule has 3 aromatic rings. The number of nitrogens with two attached hydrogens (primary N) is 1. The molecule has 3 fully saturated rings. The van der Waals surface area contributed by atoms with E-state index in [2.05, 4.69) is 53.5 Å². The number of pyridine rings is 1. The molecule has 7 nitrogen and oxygen atoms in total. The predicted octanol–water partition coefficient (Wildman–Crippen LogP) is 6.71. The summed E-state index contributed by atoms with van der Waals surface area (Å²) in [4.78, 5) is 15.8. The fraction of sp³-hybridized carbons (Fsp3) is 0.469. The van der Waals surface area contributed by atoms with Crippen molar-refractivity contribution in [3.8, 4) is 22.8 Å². The third-order valence-corrected chi connectivity index (χ3v) is 8.38. The van der Waals surface area contributed by atoms with Gasteiger partial charge in [0.25, 0.3) is 5.91 Å². The molecule has 2 heterocycles. The van der Waals surface area contributed by atoms with Crippen molar-refractivity contribution in [2.45, 2.75) is 71.3 Å². The average molecular weight is 528 g/mol. The van der Waals surface area contributed by atoms with Crippen LogP contribution in [-0.2, 0) is 0 Å². The fourth-order valence-electron chi connectivity index (χ4n) is 6.43. The van der Waals surface area contributed by atoms with Gasteiger partial charge in [-0.05, 0) is 82.1 Å². The molecule has 1 aromatic carbocycles. The predicted molar refractivity (Wildman–Crippen MR) is 150 cm³/mol. The van der Waals surface area contributed by atoms with Crippen LogP contribution in [0.3, 0.4) is 0 Å². The van der Waals surface area contributed by atoms with Crippen molar-refractivity contribution in [1.29, 1.82) is 0 Å². The van der Waals surface area contributed by atoms with Crippen LogP contribution in [-0.4, -0.2) is 28.8 Å².